The highest BCUT2D eigenvalue weighted by Gasteiger charge is 2.24. The first-order chi connectivity index (χ1) is 8.44. The molecule has 0 bridgehead atoms. The van der Waals surface area contributed by atoms with Gasteiger partial charge in [-0.1, -0.05) is 32.5 Å². The van der Waals surface area contributed by atoms with E-state index in [-0.39, 0.29) is 0 Å². The van der Waals surface area contributed by atoms with E-state index in [0.29, 0.717) is 10.7 Å². The van der Waals surface area contributed by atoms with Gasteiger partial charge in [0.05, 0.1) is 13.1 Å². The number of nitrogens with one attached hydrogen (secondary N) is 1. The molecule has 0 aromatic carbocycles. The Morgan fingerprint density at radius 3 is 2.89 bits per heavy atom. The summed E-state index contributed by atoms with van der Waals surface area (Å²) in [7, 11) is 2.01. The summed E-state index contributed by atoms with van der Waals surface area (Å²) in [5.41, 5.74) is 0.377. The predicted molar refractivity (Wildman–Crippen MR) is 77.8 cm³/mol. The number of imidazole rings is 1. The maximum Gasteiger partial charge on any atom is 0.157 e. The largest absolute Gasteiger partial charge is 0.358 e. The maximum atomic E-state index is 4.56. The predicted octanol–water partition coefficient (Wildman–Crippen LogP) is 2.42. The third-order valence-corrected chi connectivity index (χ3v) is 4.02. The number of amidine groups is 1. The molecule has 1 aromatic heterocycles. The van der Waals surface area contributed by atoms with Crippen LogP contribution in [-0.2, 0) is 13.6 Å². The Hall–Kier alpha value is -0.970. The second kappa shape index (κ2) is 5.34. The minimum Gasteiger partial charge on any atom is -0.358 e. The molecule has 0 amide bonds. The summed E-state index contributed by atoms with van der Waals surface area (Å²) in [6.07, 6.45) is 4.99. The minimum atomic E-state index is 0.377. The molecule has 100 valence electrons. The maximum absolute atomic E-state index is 4.56. The summed E-state index contributed by atoms with van der Waals surface area (Å²) in [4.78, 5) is 8.85. The number of hydrogen-bond acceptors (Lipinski definition) is 4. The Labute approximate surface area is 113 Å². The van der Waals surface area contributed by atoms with Gasteiger partial charge in [0.25, 0.3) is 0 Å². The molecule has 18 heavy (non-hydrogen) atoms. The van der Waals surface area contributed by atoms with Gasteiger partial charge < -0.3 is 9.88 Å². The van der Waals surface area contributed by atoms with E-state index in [1.165, 1.54) is 6.42 Å². The quantitative estimate of drug-likeness (QED) is 0.913. The van der Waals surface area contributed by atoms with Crippen molar-refractivity contribution in [1.29, 1.82) is 0 Å². The van der Waals surface area contributed by atoms with E-state index in [1.807, 2.05) is 35.8 Å². The highest BCUT2D eigenvalue weighted by atomic mass is 32.2. The molecule has 2 heterocycles. The molecule has 0 radical (unpaired) electrons. The molecule has 0 saturated heterocycles. The van der Waals surface area contributed by atoms with E-state index < -0.39 is 0 Å². The lowest BCUT2D eigenvalue weighted by Crippen LogP contribution is -2.22. The molecule has 1 N–H and O–H groups in total. The molecule has 0 fully saturated rings. The third-order valence-electron chi connectivity index (χ3n) is 2.88. The van der Waals surface area contributed by atoms with Gasteiger partial charge >= 0.3 is 0 Å². The number of thioether (sulfide) groups is 1. The molecule has 1 atom stereocenters. The summed E-state index contributed by atoms with van der Waals surface area (Å²) in [5, 5.41) is 5.05. The Bertz CT molecular complexity index is 430. The Morgan fingerprint density at radius 2 is 2.28 bits per heavy atom. The van der Waals surface area contributed by atoms with E-state index in [4.69, 9.17) is 0 Å². The number of nitrogens with zero attached hydrogens (tertiary/aromatic N) is 3. The Kier molecular flexibility index (Phi) is 4.00. The average Bonchev–Trinajstić information content (AvgIpc) is 2.82. The van der Waals surface area contributed by atoms with Crippen molar-refractivity contribution in [2.24, 2.45) is 17.5 Å². The molecule has 1 unspecified atom stereocenters. The molecular weight excluding hydrogens is 244 g/mol. The normalized spacial score (nSPS) is 20.0. The second-order valence-corrected chi connectivity index (χ2v) is 7.25. The zero-order valence-corrected chi connectivity index (χ0v) is 12.4. The van der Waals surface area contributed by atoms with Crippen molar-refractivity contribution in [2.45, 2.75) is 39.0 Å². The van der Waals surface area contributed by atoms with Crippen LogP contribution >= 0.6 is 11.8 Å². The van der Waals surface area contributed by atoms with Crippen LogP contribution < -0.4 is 5.32 Å². The number of rotatable bonds is 3. The van der Waals surface area contributed by atoms with Crippen molar-refractivity contribution >= 4 is 16.9 Å². The standard InChI is InChI=1S/C13H22N4S/c1-13(2,3)7-10-8-15-12(18-10)16-9-11-14-5-6-17(11)4/h5-6,10H,7-9H2,1-4H3,(H,15,16). The van der Waals surface area contributed by atoms with E-state index in [2.05, 4.69) is 36.1 Å². The van der Waals surface area contributed by atoms with Gasteiger partial charge in [-0.3, -0.25) is 4.99 Å². The van der Waals surface area contributed by atoms with Crippen LogP contribution in [-0.4, -0.2) is 26.5 Å². The highest BCUT2D eigenvalue weighted by molar-refractivity contribution is 8.14. The zero-order valence-electron chi connectivity index (χ0n) is 11.6. The SMILES string of the molecule is Cn1ccnc1CNC1=NCC(CC(C)(C)C)S1. The molecular formula is C13H22N4S. The summed E-state index contributed by atoms with van der Waals surface area (Å²) >= 11 is 1.87. The minimum absolute atomic E-state index is 0.377. The zero-order chi connectivity index (χ0) is 13.2. The smallest absolute Gasteiger partial charge is 0.157 e. The van der Waals surface area contributed by atoms with Crippen LogP contribution in [0.1, 0.15) is 33.0 Å². The fourth-order valence-corrected chi connectivity index (χ4v) is 3.38. The molecule has 0 aliphatic carbocycles. The van der Waals surface area contributed by atoms with E-state index in [1.54, 1.807) is 0 Å². The van der Waals surface area contributed by atoms with Crippen molar-refractivity contribution < 1.29 is 0 Å². The number of aromatic nitrogens is 2. The van der Waals surface area contributed by atoms with Crippen LogP contribution in [0.4, 0.5) is 0 Å². The molecule has 1 aliphatic heterocycles. The fourth-order valence-electron chi connectivity index (χ4n) is 2.03. The van der Waals surface area contributed by atoms with Gasteiger partial charge in [0.15, 0.2) is 5.17 Å². The van der Waals surface area contributed by atoms with Crippen molar-refractivity contribution in [3.8, 4) is 0 Å². The summed E-state index contributed by atoms with van der Waals surface area (Å²) in [6.45, 7) is 8.54. The Morgan fingerprint density at radius 1 is 1.50 bits per heavy atom. The lowest BCUT2D eigenvalue weighted by molar-refractivity contribution is 0.375. The van der Waals surface area contributed by atoms with E-state index in [9.17, 15) is 0 Å². The lowest BCUT2D eigenvalue weighted by Gasteiger charge is -2.21. The molecule has 1 aliphatic rings. The summed E-state index contributed by atoms with van der Waals surface area (Å²) in [5.74, 6) is 1.04. The first kappa shape index (κ1) is 13.5. The van der Waals surface area contributed by atoms with Gasteiger partial charge in [-0.15, -0.1) is 0 Å². The lowest BCUT2D eigenvalue weighted by atomic mass is 9.90. The Balaban J connectivity index is 1.78. The number of hydrogen-bond donors (Lipinski definition) is 1. The van der Waals surface area contributed by atoms with E-state index in [0.717, 1.165) is 24.1 Å². The van der Waals surface area contributed by atoms with Crippen molar-refractivity contribution in [1.82, 2.24) is 14.9 Å². The van der Waals surface area contributed by atoms with Crippen molar-refractivity contribution in [3.63, 3.8) is 0 Å². The van der Waals surface area contributed by atoms with Gasteiger partial charge in [-0.05, 0) is 11.8 Å². The molecule has 5 heteroatoms. The van der Waals surface area contributed by atoms with Gasteiger partial charge in [-0.25, -0.2) is 4.98 Å². The van der Waals surface area contributed by atoms with Crippen LogP contribution in [0.2, 0.25) is 0 Å². The van der Waals surface area contributed by atoms with Gasteiger partial charge in [0.1, 0.15) is 5.82 Å². The second-order valence-electron chi connectivity index (χ2n) is 5.96. The van der Waals surface area contributed by atoms with Crippen LogP contribution in [0.3, 0.4) is 0 Å². The molecule has 0 saturated carbocycles. The van der Waals surface area contributed by atoms with Gasteiger partial charge in [0.2, 0.25) is 0 Å². The number of aliphatic imine (C=N–C) groups is 1. The average molecular weight is 266 g/mol. The van der Waals surface area contributed by atoms with Gasteiger partial charge in [0, 0.05) is 24.7 Å². The monoisotopic (exact) mass is 266 g/mol. The van der Waals surface area contributed by atoms with Crippen LogP contribution in [0, 0.1) is 5.41 Å². The summed E-state index contributed by atoms with van der Waals surface area (Å²) < 4.78 is 2.03. The van der Waals surface area contributed by atoms with Gasteiger partial charge in [-0.2, -0.15) is 0 Å². The molecule has 1 aromatic rings. The summed E-state index contributed by atoms with van der Waals surface area (Å²) in [6, 6.07) is 0. The van der Waals surface area contributed by atoms with Crippen molar-refractivity contribution in [2.75, 3.05) is 6.54 Å². The third kappa shape index (κ3) is 3.77. The topological polar surface area (TPSA) is 42.2 Å². The highest BCUT2D eigenvalue weighted by Crippen LogP contribution is 2.31. The van der Waals surface area contributed by atoms with E-state index >= 15 is 0 Å². The molecule has 0 spiro atoms. The van der Waals surface area contributed by atoms with Crippen LogP contribution in [0.15, 0.2) is 17.4 Å². The van der Waals surface area contributed by atoms with Crippen LogP contribution in [0.5, 0.6) is 0 Å². The molecule has 2 rings (SSSR count). The first-order valence-corrected chi connectivity index (χ1v) is 7.23. The van der Waals surface area contributed by atoms with Crippen LogP contribution in [0.25, 0.3) is 0 Å². The first-order valence-electron chi connectivity index (χ1n) is 6.35. The molecule has 4 nitrogen and oxygen atoms in total. The van der Waals surface area contributed by atoms with Crippen molar-refractivity contribution in [3.05, 3.63) is 18.2 Å². The fraction of sp³-hybridized carbons (Fsp3) is 0.692. The number of aryl methyl sites for hydroxylation is 1.